The molecule has 0 radical (unpaired) electrons. The number of hydrogen-bond donors (Lipinski definition) is 1. The van der Waals surface area contributed by atoms with Gasteiger partial charge < -0.3 is 14.5 Å². The molecular formula is C13H20N2O4S. The normalized spacial score (nSPS) is 11.9. The van der Waals surface area contributed by atoms with Crippen LogP contribution in [0.5, 0.6) is 0 Å². The number of thioether (sulfide) groups is 1. The summed E-state index contributed by atoms with van der Waals surface area (Å²) in [5.41, 5.74) is 0.283. The van der Waals surface area contributed by atoms with Crippen molar-refractivity contribution in [2.24, 2.45) is 0 Å². The Kier molecular flexibility index (Phi) is 7.14. The quantitative estimate of drug-likeness (QED) is 0.586. The van der Waals surface area contributed by atoms with Crippen LogP contribution in [0.25, 0.3) is 0 Å². The van der Waals surface area contributed by atoms with Gasteiger partial charge in [-0.15, -0.1) is 0 Å². The topological polar surface area (TPSA) is 81.3 Å². The lowest BCUT2D eigenvalue weighted by molar-refractivity contribution is -0.143. The molecule has 1 atom stereocenters. The molecule has 0 aliphatic rings. The van der Waals surface area contributed by atoms with Crippen molar-refractivity contribution in [3.63, 3.8) is 0 Å². The van der Waals surface area contributed by atoms with E-state index in [1.54, 1.807) is 6.92 Å². The van der Waals surface area contributed by atoms with E-state index in [4.69, 9.17) is 9.47 Å². The summed E-state index contributed by atoms with van der Waals surface area (Å²) >= 11 is 1.25. The van der Waals surface area contributed by atoms with Gasteiger partial charge in [0, 0.05) is 0 Å². The molecule has 7 heteroatoms. The van der Waals surface area contributed by atoms with Crippen LogP contribution in [0.3, 0.4) is 0 Å². The predicted octanol–water partition coefficient (Wildman–Crippen LogP) is 2.41. The number of aromatic amines is 1. The summed E-state index contributed by atoms with van der Waals surface area (Å²) in [5.74, 6) is -0.707. The maximum absolute atomic E-state index is 11.8. The Balaban J connectivity index is 2.61. The standard InChI is InChI=1S/C13H20N2O4S/c1-4-7-19-12(17)10(5-2)20-13-14-8-9(15-13)11(16)18-6-3/h8,10H,4-7H2,1-3H3,(H,14,15). The summed E-state index contributed by atoms with van der Waals surface area (Å²) in [6.07, 6.45) is 2.83. The number of aromatic nitrogens is 2. The number of nitrogens with zero attached hydrogens (tertiary/aromatic N) is 1. The maximum atomic E-state index is 11.8. The predicted molar refractivity (Wildman–Crippen MR) is 75.7 cm³/mol. The fourth-order valence-electron chi connectivity index (χ4n) is 1.40. The highest BCUT2D eigenvalue weighted by molar-refractivity contribution is 8.00. The van der Waals surface area contributed by atoms with Crippen LogP contribution < -0.4 is 0 Å². The summed E-state index contributed by atoms with van der Waals surface area (Å²) in [4.78, 5) is 30.2. The summed E-state index contributed by atoms with van der Waals surface area (Å²) in [6, 6.07) is 0. The zero-order chi connectivity index (χ0) is 15.0. The second kappa shape index (κ2) is 8.63. The number of carbonyl (C=O) groups excluding carboxylic acids is 2. The molecular weight excluding hydrogens is 280 g/mol. The van der Waals surface area contributed by atoms with E-state index in [2.05, 4.69) is 9.97 Å². The van der Waals surface area contributed by atoms with Crippen LogP contribution in [0.2, 0.25) is 0 Å². The summed E-state index contributed by atoms with van der Waals surface area (Å²) in [7, 11) is 0. The van der Waals surface area contributed by atoms with Gasteiger partial charge in [0.05, 0.1) is 19.4 Å². The molecule has 112 valence electrons. The molecule has 0 aromatic carbocycles. The zero-order valence-corrected chi connectivity index (χ0v) is 12.8. The van der Waals surface area contributed by atoms with Crippen molar-refractivity contribution >= 4 is 23.7 Å². The lowest BCUT2D eigenvalue weighted by Crippen LogP contribution is -2.20. The first kappa shape index (κ1) is 16.6. The number of H-pyrrole nitrogens is 1. The largest absolute Gasteiger partial charge is 0.465 e. The van der Waals surface area contributed by atoms with Gasteiger partial charge >= 0.3 is 11.9 Å². The van der Waals surface area contributed by atoms with E-state index in [0.717, 1.165) is 6.42 Å². The average Bonchev–Trinajstić information content (AvgIpc) is 2.91. The molecule has 0 fully saturated rings. The van der Waals surface area contributed by atoms with Crippen LogP contribution in [0, 0.1) is 0 Å². The third-order valence-electron chi connectivity index (χ3n) is 2.38. The van der Waals surface area contributed by atoms with Crippen molar-refractivity contribution in [3.8, 4) is 0 Å². The van der Waals surface area contributed by atoms with Crippen LogP contribution >= 0.6 is 11.8 Å². The van der Waals surface area contributed by atoms with Crippen LogP contribution in [0.15, 0.2) is 11.4 Å². The maximum Gasteiger partial charge on any atom is 0.356 e. The van der Waals surface area contributed by atoms with Crippen molar-refractivity contribution in [2.45, 2.75) is 44.0 Å². The Hall–Kier alpha value is -1.50. The Bertz CT molecular complexity index is 447. The first-order chi connectivity index (χ1) is 9.62. The molecule has 1 aromatic heterocycles. The minimum atomic E-state index is -0.451. The second-order valence-corrected chi connectivity index (χ2v) is 5.20. The molecule has 0 saturated heterocycles. The van der Waals surface area contributed by atoms with Crippen molar-refractivity contribution in [1.82, 2.24) is 9.97 Å². The molecule has 20 heavy (non-hydrogen) atoms. The number of hydrogen-bond acceptors (Lipinski definition) is 6. The number of nitrogens with one attached hydrogen (secondary N) is 1. The lowest BCUT2D eigenvalue weighted by Gasteiger charge is -2.11. The molecule has 0 saturated carbocycles. The van der Waals surface area contributed by atoms with E-state index in [1.165, 1.54) is 18.0 Å². The zero-order valence-electron chi connectivity index (χ0n) is 12.0. The van der Waals surface area contributed by atoms with Crippen molar-refractivity contribution in [2.75, 3.05) is 13.2 Å². The highest BCUT2D eigenvalue weighted by Gasteiger charge is 2.21. The lowest BCUT2D eigenvalue weighted by atomic mass is 10.3. The molecule has 1 N–H and O–H groups in total. The summed E-state index contributed by atoms with van der Waals surface area (Å²) in [5, 5.41) is 0.177. The van der Waals surface area contributed by atoms with Gasteiger partial charge in [-0.3, -0.25) is 4.79 Å². The fraction of sp³-hybridized carbons (Fsp3) is 0.615. The van der Waals surface area contributed by atoms with Crippen LogP contribution in [-0.2, 0) is 14.3 Å². The Morgan fingerprint density at radius 2 is 2.10 bits per heavy atom. The van der Waals surface area contributed by atoms with Crippen molar-refractivity contribution in [3.05, 3.63) is 11.9 Å². The van der Waals surface area contributed by atoms with Crippen molar-refractivity contribution < 1.29 is 19.1 Å². The number of esters is 2. The molecule has 1 aromatic rings. The minimum absolute atomic E-state index is 0.256. The fourth-order valence-corrected chi connectivity index (χ4v) is 2.29. The van der Waals surface area contributed by atoms with Gasteiger partial charge in [0.25, 0.3) is 0 Å². The van der Waals surface area contributed by atoms with Gasteiger partial charge in [0.15, 0.2) is 5.16 Å². The van der Waals surface area contributed by atoms with Gasteiger partial charge in [0.2, 0.25) is 0 Å². The molecule has 0 aliphatic heterocycles. The molecule has 0 amide bonds. The third-order valence-corrected chi connectivity index (χ3v) is 3.62. The van der Waals surface area contributed by atoms with Gasteiger partial charge in [0.1, 0.15) is 10.9 Å². The van der Waals surface area contributed by atoms with Crippen molar-refractivity contribution in [1.29, 1.82) is 0 Å². The van der Waals surface area contributed by atoms with E-state index in [-0.39, 0.29) is 16.9 Å². The minimum Gasteiger partial charge on any atom is -0.465 e. The average molecular weight is 300 g/mol. The smallest absolute Gasteiger partial charge is 0.356 e. The molecule has 6 nitrogen and oxygen atoms in total. The Labute approximate surface area is 122 Å². The number of carbonyl (C=O) groups is 2. The second-order valence-electron chi connectivity index (χ2n) is 4.00. The highest BCUT2D eigenvalue weighted by Crippen LogP contribution is 2.23. The molecule has 1 rings (SSSR count). The van der Waals surface area contributed by atoms with E-state index in [0.29, 0.717) is 24.8 Å². The molecule has 0 aliphatic carbocycles. The first-order valence-electron chi connectivity index (χ1n) is 6.67. The Morgan fingerprint density at radius 3 is 2.70 bits per heavy atom. The van der Waals surface area contributed by atoms with E-state index in [9.17, 15) is 9.59 Å². The first-order valence-corrected chi connectivity index (χ1v) is 7.55. The molecule has 1 unspecified atom stereocenters. The van der Waals surface area contributed by atoms with Gasteiger partial charge in [-0.1, -0.05) is 25.6 Å². The molecule has 0 bridgehead atoms. The van der Waals surface area contributed by atoms with Gasteiger partial charge in [-0.2, -0.15) is 0 Å². The number of ether oxygens (including phenoxy) is 2. The summed E-state index contributed by atoms with van der Waals surface area (Å²) in [6.45, 7) is 6.31. The third kappa shape index (κ3) is 4.88. The molecule has 0 spiro atoms. The van der Waals surface area contributed by atoms with E-state index < -0.39 is 5.97 Å². The monoisotopic (exact) mass is 300 g/mol. The van der Waals surface area contributed by atoms with Crippen LogP contribution in [-0.4, -0.2) is 40.4 Å². The van der Waals surface area contributed by atoms with Crippen LogP contribution in [0.1, 0.15) is 44.1 Å². The number of imidazole rings is 1. The Morgan fingerprint density at radius 1 is 1.35 bits per heavy atom. The van der Waals surface area contributed by atoms with Gasteiger partial charge in [-0.25, -0.2) is 9.78 Å². The van der Waals surface area contributed by atoms with E-state index >= 15 is 0 Å². The molecule has 1 heterocycles. The summed E-state index contributed by atoms with van der Waals surface area (Å²) < 4.78 is 9.98. The SMILES string of the molecule is CCCOC(=O)C(CC)Sc1ncc(C(=O)OCC)[nH]1. The van der Waals surface area contributed by atoms with Gasteiger partial charge in [-0.05, 0) is 19.8 Å². The van der Waals surface area contributed by atoms with Crippen LogP contribution in [0.4, 0.5) is 0 Å². The van der Waals surface area contributed by atoms with E-state index in [1.807, 2.05) is 13.8 Å². The number of rotatable bonds is 8. The highest BCUT2D eigenvalue weighted by atomic mass is 32.2.